The molecule has 0 aliphatic rings. The molecular weight excluding hydrogens is 616 g/mol. The average Bonchev–Trinajstić information content (AvgIpc) is 2.93. The average molecular weight is 645 g/mol. The molecule has 214 valence electrons. The monoisotopic (exact) mass is 643 g/mol. The second-order valence-electron chi connectivity index (χ2n) is 9.11. The summed E-state index contributed by atoms with van der Waals surface area (Å²) >= 11 is 25.5. The number of hydrogen-bond acceptors (Lipinski definition) is 4. The molecule has 0 bridgehead atoms. The fourth-order valence-corrected chi connectivity index (χ4v) is 6.23. The molecule has 0 saturated heterocycles. The summed E-state index contributed by atoms with van der Waals surface area (Å²) in [6, 6.07) is 15.9. The molecule has 2 amide bonds. The van der Waals surface area contributed by atoms with Gasteiger partial charge in [0.2, 0.25) is 11.8 Å². The van der Waals surface area contributed by atoms with Gasteiger partial charge in [-0.2, -0.15) is 0 Å². The van der Waals surface area contributed by atoms with Crippen molar-refractivity contribution in [2.75, 3.05) is 10.8 Å². The van der Waals surface area contributed by atoms with Crippen molar-refractivity contribution >= 4 is 73.9 Å². The fourth-order valence-electron chi connectivity index (χ4n) is 3.82. The van der Waals surface area contributed by atoms with Crippen LogP contribution in [0.25, 0.3) is 0 Å². The summed E-state index contributed by atoms with van der Waals surface area (Å²) in [6.45, 7) is 4.50. The lowest BCUT2D eigenvalue weighted by Crippen LogP contribution is -2.52. The second-order valence-corrected chi connectivity index (χ2v) is 12.6. The molecule has 0 aliphatic heterocycles. The van der Waals surface area contributed by atoms with E-state index in [0.717, 1.165) is 4.31 Å². The zero-order valence-corrected chi connectivity index (χ0v) is 25.9. The van der Waals surface area contributed by atoms with Gasteiger partial charge >= 0.3 is 0 Å². The van der Waals surface area contributed by atoms with Gasteiger partial charge < -0.3 is 10.2 Å². The zero-order valence-electron chi connectivity index (χ0n) is 22.1. The van der Waals surface area contributed by atoms with E-state index in [-0.39, 0.29) is 33.2 Å². The lowest BCUT2D eigenvalue weighted by atomic mass is 10.1. The van der Waals surface area contributed by atoms with Crippen LogP contribution in [-0.4, -0.2) is 43.8 Å². The van der Waals surface area contributed by atoms with Crippen molar-refractivity contribution in [1.29, 1.82) is 0 Å². The zero-order chi connectivity index (χ0) is 29.6. The SMILES string of the molecule is CC[C@H](C)NC(=O)[C@H](C)N(Cc1c(Cl)cccc1Cl)C(=O)CN(c1cccc(Cl)c1Cl)S(=O)(=O)c1ccccc1. The topological polar surface area (TPSA) is 86.8 Å². The van der Waals surface area contributed by atoms with Gasteiger partial charge in [0.1, 0.15) is 12.6 Å². The summed E-state index contributed by atoms with van der Waals surface area (Å²) in [5.41, 5.74) is 0.430. The summed E-state index contributed by atoms with van der Waals surface area (Å²) in [4.78, 5) is 28.3. The van der Waals surface area contributed by atoms with Crippen molar-refractivity contribution in [3.8, 4) is 0 Å². The molecule has 0 spiro atoms. The third kappa shape index (κ3) is 7.42. The number of benzene rings is 3. The lowest BCUT2D eigenvalue weighted by Gasteiger charge is -2.33. The molecule has 0 aromatic heterocycles. The first-order valence-electron chi connectivity index (χ1n) is 12.4. The highest BCUT2D eigenvalue weighted by molar-refractivity contribution is 7.92. The van der Waals surface area contributed by atoms with Gasteiger partial charge in [0.15, 0.2) is 0 Å². The molecule has 0 unspecified atom stereocenters. The quantitative estimate of drug-likeness (QED) is 0.248. The van der Waals surface area contributed by atoms with Crippen LogP contribution in [-0.2, 0) is 26.2 Å². The number of rotatable bonds is 11. The van der Waals surface area contributed by atoms with Crippen LogP contribution in [0.5, 0.6) is 0 Å². The second kappa shape index (κ2) is 13.9. The molecule has 3 rings (SSSR count). The summed E-state index contributed by atoms with van der Waals surface area (Å²) in [7, 11) is -4.29. The Bertz CT molecular complexity index is 1450. The smallest absolute Gasteiger partial charge is 0.264 e. The molecule has 0 heterocycles. The van der Waals surface area contributed by atoms with E-state index in [1.54, 1.807) is 43.3 Å². The van der Waals surface area contributed by atoms with E-state index in [4.69, 9.17) is 46.4 Å². The summed E-state index contributed by atoms with van der Waals surface area (Å²) < 4.78 is 28.6. The van der Waals surface area contributed by atoms with Crippen LogP contribution < -0.4 is 9.62 Å². The highest BCUT2D eigenvalue weighted by Gasteiger charge is 2.34. The van der Waals surface area contributed by atoms with Gasteiger partial charge in [-0.3, -0.25) is 13.9 Å². The highest BCUT2D eigenvalue weighted by Crippen LogP contribution is 2.36. The van der Waals surface area contributed by atoms with Crippen molar-refractivity contribution < 1.29 is 18.0 Å². The molecule has 0 radical (unpaired) electrons. The van der Waals surface area contributed by atoms with Gasteiger partial charge in [0.05, 0.1) is 20.6 Å². The predicted octanol–water partition coefficient (Wildman–Crippen LogP) is 6.83. The maximum absolute atomic E-state index is 14.0. The fraction of sp³-hybridized carbons (Fsp3) is 0.286. The third-order valence-corrected chi connectivity index (χ3v) is 9.66. The van der Waals surface area contributed by atoms with Crippen molar-refractivity contribution in [2.45, 2.75) is 50.7 Å². The molecule has 0 saturated carbocycles. The minimum absolute atomic E-state index is 0.0128. The molecule has 7 nitrogen and oxygen atoms in total. The Morgan fingerprint density at radius 2 is 1.43 bits per heavy atom. The normalized spacial score (nSPS) is 12.9. The molecular formula is C28H29Cl4N3O4S. The number of halogens is 4. The van der Waals surface area contributed by atoms with Gasteiger partial charge in [-0.05, 0) is 56.7 Å². The number of carbonyl (C=O) groups excluding carboxylic acids is 2. The van der Waals surface area contributed by atoms with Crippen LogP contribution in [0.15, 0.2) is 71.6 Å². The van der Waals surface area contributed by atoms with Crippen molar-refractivity contribution in [2.24, 2.45) is 0 Å². The highest BCUT2D eigenvalue weighted by atomic mass is 35.5. The maximum atomic E-state index is 14.0. The largest absolute Gasteiger partial charge is 0.352 e. The van der Waals surface area contributed by atoms with Crippen molar-refractivity contribution in [1.82, 2.24) is 10.2 Å². The van der Waals surface area contributed by atoms with Gasteiger partial charge in [-0.15, -0.1) is 0 Å². The first-order valence-corrected chi connectivity index (χ1v) is 15.4. The van der Waals surface area contributed by atoms with Crippen LogP contribution in [0, 0.1) is 0 Å². The van der Waals surface area contributed by atoms with Crippen LogP contribution in [0.1, 0.15) is 32.8 Å². The lowest BCUT2D eigenvalue weighted by molar-refractivity contribution is -0.139. The van der Waals surface area contributed by atoms with Crippen LogP contribution >= 0.6 is 46.4 Å². The molecule has 12 heteroatoms. The number of nitrogens with one attached hydrogen (secondary N) is 1. The molecule has 0 fully saturated rings. The Morgan fingerprint density at radius 3 is 2.02 bits per heavy atom. The van der Waals surface area contributed by atoms with Crippen molar-refractivity contribution in [3.63, 3.8) is 0 Å². The molecule has 0 aliphatic carbocycles. The molecule has 3 aromatic carbocycles. The summed E-state index contributed by atoms with van der Waals surface area (Å²) in [5.74, 6) is -1.09. The number of anilines is 1. The Hall–Kier alpha value is -2.49. The van der Waals surface area contributed by atoms with E-state index < -0.39 is 34.4 Å². The molecule has 2 atom stereocenters. The first kappa shape index (κ1) is 32.0. The molecule has 3 aromatic rings. The molecule has 40 heavy (non-hydrogen) atoms. The Balaban J connectivity index is 2.10. The van der Waals surface area contributed by atoms with Gasteiger partial charge in [-0.1, -0.05) is 83.7 Å². The van der Waals surface area contributed by atoms with Crippen LogP contribution in [0.3, 0.4) is 0 Å². The number of hydrogen-bond donors (Lipinski definition) is 1. The summed E-state index contributed by atoms with van der Waals surface area (Å²) in [5, 5.41) is 3.53. The van der Waals surface area contributed by atoms with E-state index in [9.17, 15) is 18.0 Å². The summed E-state index contributed by atoms with van der Waals surface area (Å²) in [6.07, 6.45) is 0.680. The Labute approximate surface area is 255 Å². The minimum atomic E-state index is -4.29. The number of sulfonamides is 1. The Kier molecular flexibility index (Phi) is 11.1. The third-order valence-electron chi connectivity index (χ3n) is 6.37. The minimum Gasteiger partial charge on any atom is -0.352 e. The van der Waals surface area contributed by atoms with E-state index in [1.807, 2.05) is 13.8 Å². The van der Waals surface area contributed by atoms with E-state index in [0.29, 0.717) is 22.0 Å². The van der Waals surface area contributed by atoms with E-state index in [1.165, 1.54) is 35.2 Å². The van der Waals surface area contributed by atoms with E-state index in [2.05, 4.69) is 5.32 Å². The van der Waals surface area contributed by atoms with Crippen molar-refractivity contribution in [3.05, 3.63) is 92.4 Å². The standard InChI is InChI=1S/C28H29Cl4N3O4S/c1-4-18(2)33-28(37)19(3)34(16-21-22(29)12-8-13-23(21)30)26(36)17-35(25-15-9-14-24(31)27(25)32)40(38,39)20-10-6-5-7-11-20/h5-15,18-19H,4,16-17H2,1-3H3,(H,33,37)/t18-,19-/m0/s1. The Morgan fingerprint density at radius 1 is 0.850 bits per heavy atom. The number of nitrogens with zero attached hydrogens (tertiary/aromatic N) is 2. The van der Waals surface area contributed by atoms with Crippen LogP contribution in [0.4, 0.5) is 5.69 Å². The van der Waals surface area contributed by atoms with E-state index >= 15 is 0 Å². The maximum Gasteiger partial charge on any atom is 0.264 e. The van der Waals surface area contributed by atoms with Gasteiger partial charge in [-0.25, -0.2) is 8.42 Å². The predicted molar refractivity (Wildman–Crippen MR) is 162 cm³/mol. The number of amides is 2. The van der Waals surface area contributed by atoms with Gasteiger partial charge in [0, 0.05) is 28.2 Å². The number of carbonyl (C=O) groups is 2. The first-order chi connectivity index (χ1) is 18.9. The van der Waals surface area contributed by atoms with Gasteiger partial charge in [0.25, 0.3) is 10.0 Å². The van der Waals surface area contributed by atoms with Crippen LogP contribution in [0.2, 0.25) is 20.1 Å². The molecule has 1 N–H and O–H groups in total.